The molecular formula is C31H35F6N5O9. The van der Waals surface area contributed by atoms with Crippen LogP contribution >= 0.6 is 0 Å². The second-order valence-corrected chi connectivity index (χ2v) is 12.8. The van der Waals surface area contributed by atoms with Gasteiger partial charge < -0.3 is 52.6 Å². The summed E-state index contributed by atoms with van der Waals surface area (Å²) in [4.78, 5) is 28.2. The van der Waals surface area contributed by atoms with Gasteiger partial charge in [-0.2, -0.15) is 26.3 Å². The van der Waals surface area contributed by atoms with E-state index in [1.54, 1.807) is 6.07 Å². The molecule has 1 saturated heterocycles. The summed E-state index contributed by atoms with van der Waals surface area (Å²) in [5, 5.41) is 38.9. The molecule has 2 aromatic carbocycles. The molecule has 3 aliphatic carbocycles. The van der Waals surface area contributed by atoms with Gasteiger partial charge in [0.15, 0.2) is 23.6 Å². The highest BCUT2D eigenvalue weighted by molar-refractivity contribution is 5.90. The van der Waals surface area contributed by atoms with Crippen molar-refractivity contribution >= 4 is 34.5 Å². The molecule has 51 heavy (non-hydrogen) atoms. The van der Waals surface area contributed by atoms with Crippen LogP contribution in [0.5, 0.6) is 11.5 Å². The van der Waals surface area contributed by atoms with Gasteiger partial charge in [0.1, 0.15) is 0 Å². The Kier molecular flexibility index (Phi) is 10.00. The Balaban J connectivity index is 0.000000313. The van der Waals surface area contributed by atoms with Crippen LogP contribution < -0.4 is 16.2 Å². The van der Waals surface area contributed by atoms with Gasteiger partial charge >= 0.3 is 24.3 Å². The molecule has 13 N–H and O–H groups in total. The molecule has 1 spiro atoms. The van der Waals surface area contributed by atoms with Gasteiger partial charge in [-0.05, 0) is 73.5 Å². The fourth-order valence-corrected chi connectivity index (χ4v) is 7.83. The Morgan fingerprint density at radius 3 is 2.18 bits per heavy atom. The Morgan fingerprint density at radius 1 is 1.02 bits per heavy atom. The number of piperidine rings is 1. The smallest absolute Gasteiger partial charge is 0.490 e. The van der Waals surface area contributed by atoms with Gasteiger partial charge in [0.25, 0.3) is 0 Å². The molecule has 0 radical (unpaired) electrons. The summed E-state index contributed by atoms with van der Waals surface area (Å²) in [7, 11) is 0. The highest BCUT2D eigenvalue weighted by Gasteiger charge is 2.72. The number of phenolic OH excluding ortho intramolecular Hbond substituents is 1. The largest absolute Gasteiger partial charge is 0.504 e. The number of nitrogens with one attached hydrogen (secondary N) is 1. The van der Waals surface area contributed by atoms with E-state index >= 15 is 0 Å². The zero-order valence-corrected chi connectivity index (χ0v) is 26.4. The van der Waals surface area contributed by atoms with E-state index in [-0.39, 0.29) is 34.8 Å². The van der Waals surface area contributed by atoms with Crippen molar-refractivity contribution in [2.45, 2.75) is 67.6 Å². The molecular weight excluding hydrogens is 700 g/mol. The minimum Gasteiger partial charge on any atom is -0.504 e. The number of halogens is 6. The van der Waals surface area contributed by atoms with Crippen LogP contribution in [0.2, 0.25) is 0 Å². The lowest BCUT2D eigenvalue weighted by atomic mass is 9.49. The molecule has 4 atom stereocenters. The van der Waals surface area contributed by atoms with Crippen molar-refractivity contribution in [3.8, 4) is 11.5 Å². The van der Waals surface area contributed by atoms with E-state index in [0.29, 0.717) is 17.9 Å². The molecule has 0 unspecified atom stereocenters. The topological polar surface area (TPSA) is 271 Å². The van der Waals surface area contributed by atoms with Gasteiger partial charge in [0, 0.05) is 35.5 Å². The number of H-pyrrole nitrogens is 1. The molecule has 0 amide bonds. The number of aliphatic imine (C=N–C) groups is 1. The molecule has 2 aliphatic heterocycles. The van der Waals surface area contributed by atoms with E-state index in [9.17, 15) is 36.6 Å². The molecule has 3 heterocycles. The third-order valence-corrected chi connectivity index (χ3v) is 9.89. The van der Waals surface area contributed by atoms with Crippen molar-refractivity contribution in [2.24, 2.45) is 22.4 Å². The number of aromatic hydroxyl groups is 1. The first-order valence-corrected chi connectivity index (χ1v) is 15.1. The van der Waals surface area contributed by atoms with Gasteiger partial charge in [-0.1, -0.05) is 6.07 Å². The van der Waals surface area contributed by atoms with Crippen molar-refractivity contribution in [1.29, 1.82) is 0 Å². The molecule has 2 bridgehead atoms. The van der Waals surface area contributed by atoms with Gasteiger partial charge in [-0.25, -0.2) is 14.6 Å². The van der Waals surface area contributed by atoms with Gasteiger partial charge in [-0.3, -0.25) is 4.90 Å². The van der Waals surface area contributed by atoms with Gasteiger partial charge in [-0.15, -0.1) is 0 Å². The summed E-state index contributed by atoms with van der Waals surface area (Å²) in [5.74, 6) is -4.05. The van der Waals surface area contributed by atoms with E-state index in [2.05, 4.69) is 14.9 Å². The first-order valence-electron chi connectivity index (χ1n) is 15.1. The number of carboxylic acids is 2. The van der Waals surface area contributed by atoms with Crippen molar-refractivity contribution < 1.29 is 72.0 Å². The van der Waals surface area contributed by atoms with Crippen molar-refractivity contribution in [3.05, 3.63) is 52.7 Å². The first kappa shape index (κ1) is 39.0. The number of ether oxygens (including phenoxy) is 1. The summed E-state index contributed by atoms with van der Waals surface area (Å²) in [5.41, 5.74) is 15.6. The number of nitrogens with zero attached hydrogens (tertiary/aromatic N) is 2. The number of benzene rings is 2. The molecule has 2 fully saturated rings. The summed E-state index contributed by atoms with van der Waals surface area (Å²) in [6.07, 6.45) is -5.90. The third kappa shape index (κ3) is 6.47. The van der Waals surface area contributed by atoms with E-state index in [1.807, 2.05) is 24.3 Å². The number of carboxylic acid groups (broad SMARTS) is 2. The molecule has 1 saturated carbocycles. The SMILES string of the molecule is NC(N)=Nc1ccc2[nH]c3c(c2c1)C[C@@]1(O)[C@@H]2Cc4ccc(O)c5c4[C@@]1(CCN2CC1CC1)[C@H]3O5.O.O.O=C(O)C(F)(F)F.O=C(O)C(F)(F)F. The number of phenols is 1. The van der Waals surface area contributed by atoms with Crippen LogP contribution in [0.25, 0.3) is 10.9 Å². The highest BCUT2D eigenvalue weighted by Crippen LogP contribution is 2.69. The van der Waals surface area contributed by atoms with Crippen LogP contribution in [-0.2, 0) is 27.8 Å². The Hall–Kier alpha value is -4.79. The number of aromatic nitrogens is 1. The highest BCUT2D eigenvalue weighted by atomic mass is 19.4. The normalized spacial score (nSPS) is 25.2. The number of fused-ring (bicyclic) bond motifs is 4. The molecule has 280 valence electrons. The number of aliphatic carboxylic acids is 2. The van der Waals surface area contributed by atoms with E-state index in [0.717, 1.165) is 59.6 Å². The minimum absolute atomic E-state index is 0. The molecule has 8 rings (SSSR count). The summed E-state index contributed by atoms with van der Waals surface area (Å²) in [6, 6.07) is 9.64. The average molecular weight is 736 g/mol. The lowest BCUT2D eigenvalue weighted by Crippen LogP contribution is -2.74. The quantitative estimate of drug-likeness (QED) is 0.117. The molecule has 5 aliphatic rings. The number of nitrogens with two attached hydrogens (primary N) is 2. The Labute approximate surface area is 283 Å². The summed E-state index contributed by atoms with van der Waals surface area (Å²) < 4.78 is 70.1. The average Bonchev–Trinajstić information content (AvgIpc) is 3.64. The Morgan fingerprint density at radius 2 is 1.63 bits per heavy atom. The summed E-state index contributed by atoms with van der Waals surface area (Å²) in [6.45, 7) is 1.98. The lowest BCUT2D eigenvalue weighted by molar-refractivity contribution is -0.193. The number of hydrogen-bond acceptors (Lipinski definition) is 7. The van der Waals surface area contributed by atoms with Crippen LogP contribution in [0.15, 0.2) is 35.3 Å². The molecule has 1 aromatic heterocycles. The van der Waals surface area contributed by atoms with E-state index < -0.39 is 35.3 Å². The monoisotopic (exact) mass is 735 g/mol. The van der Waals surface area contributed by atoms with Crippen molar-refractivity contribution in [2.75, 3.05) is 13.1 Å². The maximum Gasteiger partial charge on any atom is 0.490 e. The van der Waals surface area contributed by atoms with Crippen molar-refractivity contribution in [1.82, 2.24) is 9.88 Å². The lowest BCUT2D eigenvalue weighted by Gasteiger charge is -2.62. The van der Waals surface area contributed by atoms with Crippen LogP contribution in [0.3, 0.4) is 0 Å². The number of alkyl halides is 6. The fraction of sp³-hybridized carbons (Fsp3) is 0.452. The number of hydrogen-bond donors (Lipinski definition) is 7. The van der Waals surface area contributed by atoms with Crippen LogP contribution in [0, 0.1) is 5.92 Å². The number of guanidine groups is 1. The summed E-state index contributed by atoms with van der Waals surface area (Å²) >= 11 is 0. The van der Waals surface area contributed by atoms with Crippen LogP contribution in [0.4, 0.5) is 32.0 Å². The number of rotatable bonds is 3. The Bertz CT molecular complexity index is 1850. The molecule has 3 aromatic rings. The number of likely N-dealkylation sites (tertiary alicyclic amines) is 1. The van der Waals surface area contributed by atoms with Crippen LogP contribution in [-0.4, -0.2) is 96.2 Å². The van der Waals surface area contributed by atoms with Crippen LogP contribution in [0.1, 0.15) is 47.8 Å². The standard InChI is InChI=1S/C27H29N5O3.2C2HF3O2.2H2O/c28-25(29)30-15-4-5-18-16(10-15)17-11-27(34)20-9-14-3-6-19(33)23-21(14)26(27,24(35-23)22(17)31-18)7-8-32(20)12-13-1-2-13;2*3-2(4,5)1(6)7;;/h3-6,10,13,20,24,31,33-34H,1-2,7-9,11-12H2,(H4,28,29,30);2*(H,6,7);2*1H2/t20-,24-,26-,27+;;;;/m0..../s1. The zero-order chi connectivity index (χ0) is 35.8. The fourth-order valence-electron chi connectivity index (χ4n) is 7.83. The number of aromatic amines is 1. The first-order chi connectivity index (χ1) is 22.8. The molecule has 20 heteroatoms. The maximum atomic E-state index is 12.9. The van der Waals surface area contributed by atoms with E-state index in [1.165, 1.54) is 18.4 Å². The second-order valence-electron chi connectivity index (χ2n) is 12.8. The molecule has 14 nitrogen and oxygen atoms in total. The predicted octanol–water partition coefficient (Wildman–Crippen LogP) is 2.09. The van der Waals surface area contributed by atoms with E-state index in [4.69, 9.17) is 36.0 Å². The van der Waals surface area contributed by atoms with Crippen molar-refractivity contribution in [3.63, 3.8) is 0 Å². The number of aliphatic hydroxyl groups is 1. The minimum atomic E-state index is -5.08. The van der Waals surface area contributed by atoms with Gasteiger partial charge in [0.2, 0.25) is 0 Å². The predicted molar refractivity (Wildman–Crippen MR) is 167 cm³/mol. The van der Waals surface area contributed by atoms with Gasteiger partial charge in [0.05, 0.1) is 22.4 Å². The second kappa shape index (κ2) is 13.1. The number of carbonyl (C=O) groups is 2. The zero-order valence-electron chi connectivity index (χ0n) is 26.4. The maximum absolute atomic E-state index is 12.9. The third-order valence-electron chi connectivity index (χ3n) is 9.89.